The van der Waals surface area contributed by atoms with Gasteiger partial charge in [0.05, 0.1) is 4.90 Å². The van der Waals surface area contributed by atoms with Gasteiger partial charge in [-0.2, -0.15) is 0 Å². The van der Waals surface area contributed by atoms with Crippen molar-refractivity contribution >= 4 is 37.3 Å². The van der Waals surface area contributed by atoms with Gasteiger partial charge in [0.15, 0.2) is 0 Å². The summed E-state index contributed by atoms with van der Waals surface area (Å²) in [7, 11) is -3.48. The Hall–Kier alpha value is -0.670. The van der Waals surface area contributed by atoms with Crippen LogP contribution >= 0.6 is 27.3 Å². The van der Waals surface area contributed by atoms with Crippen LogP contribution in [0.25, 0.3) is 0 Å². The Morgan fingerprint density at radius 1 is 1.33 bits per heavy atom. The first-order chi connectivity index (χ1) is 9.87. The molecule has 0 atom stereocenters. The SMILES string of the molecule is CC(C)NCc1cc(S(=O)(=O)NCc2cc(Br)cs2)c[nH]1. The molecular weight excluding hydrogens is 374 g/mol. The molecule has 3 N–H and O–H groups in total. The average Bonchev–Trinajstić information content (AvgIpc) is 3.03. The van der Waals surface area contributed by atoms with Crippen LogP contribution in [0.4, 0.5) is 0 Å². The maximum absolute atomic E-state index is 12.2. The van der Waals surface area contributed by atoms with Crippen molar-refractivity contribution in [3.8, 4) is 0 Å². The summed E-state index contributed by atoms with van der Waals surface area (Å²) < 4.78 is 28.0. The van der Waals surface area contributed by atoms with Crippen LogP contribution in [0, 0.1) is 0 Å². The predicted octanol–water partition coefficient (Wildman–Crippen LogP) is 2.82. The van der Waals surface area contributed by atoms with E-state index in [2.05, 4.69) is 31.0 Å². The van der Waals surface area contributed by atoms with E-state index in [9.17, 15) is 8.42 Å². The van der Waals surface area contributed by atoms with E-state index in [1.54, 1.807) is 6.07 Å². The Balaban J connectivity index is 1.99. The van der Waals surface area contributed by atoms with Crippen LogP contribution < -0.4 is 10.0 Å². The van der Waals surface area contributed by atoms with Gasteiger partial charge in [-0.3, -0.25) is 0 Å². The highest BCUT2D eigenvalue weighted by Crippen LogP contribution is 2.20. The summed E-state index contributed by atoms with van der Waals surface area (Å²) in [5.74, 6) is 0. The second kappa shape index (κ2) is 7.06. The molecular formula is C13H18BrN3O2S2. The highest BCUT2D eigenvalue weighted by Gasteiger charge is 2.16. The highest BCUT2D eigenvalue weighted by molar-refractivity contribution is 9.10. The van der Waals surface area contributed by atoms with E-state index in [1.807, 2.05) is 25.3 Å². The Bertz CT molecular complexity index is 692. The van der Waals surface area contributed by atoms with Crippen LogP contribution in [0.1, 0.15) is 24.4 Å². The molecule has 0 spiro atoms. The fourth-order valence-corrected chi connectivity index (χ4v) is 4.19. The van der Waals surface area contributed by atoms with Crippen molar-refractivity contribution in [2.45, 2.75) is 37.9 Å². The molecule has 2 rings (SSSR count). The second-order valence-electron chi connectivity index (χ2n) is 4.95. The topological polar surface area (TPSA) is 74.0 Å². The van der Waals surface area contributed by atoms with Crippen molar-refractivity contribution < 1.29 is 8.42 Å². The number of H-pyrrole nitrogens is 1. The lowest BCUT2D eigenvalue weighted by molar-refractivity contribution is 0.580. The Labute approximate surface area is 137 Å². The number of nitrogens with one attached hydrogen (secondary N) is 3. The van der Waals surface area contributed by atoms with E-state index < -0.39 is 10.0 Å². The van der Waals surface area contributed by atoms with Gasteiger partial charge in [-0.05, 0) is 28.1 Å². The van der Waals surface area contributed by atoms with Crippen molar-refractivity contribution in [1.29, 1.82) is 0 Å². The molecule has 0 aliphatic heterocycles. The third-order valence-electron chi connectivity index (χ3n) is 2.79. The molecule has 0 aliphatic carbocycles. The minimum atomic E-state index is -3.48. The first-order valence-corrected chi connectivity index (χ1v) is 9.65. The number of thiophene rings is 1. The number of sulfonamides is 1. The molecule has 5 nitrogen and oxygen atoms in total. The third kappa shape index (κ3) is 4.93. The highest BCUT2D eigenvalue weighted by atomic mass is 79.9. The van der Waals surface area contributed by atoms with E-state index in [0.29, 0.717) is 19.1 Å². The minimum Gasteiger partial charge on any atom is -0.363 e. The van der Waals surface area contributed by atoms with Crippen LogP contribution in [0.5, 0.6) is 0 Å². The minimum absolute atomic E-state index is 0.263. The molecule has 2 aromatic heterocycles. The lowest BCUT2D eigenvalue weighted by atomic mass is 10.3. The van der Waals surface area contributed by atoms with Crippen molar-refractivity contribution in [3.63, 3.8) is 0 Å². The van der Waals surface area contributed by atoms with Crippen LogP contribution in [0.2, 0.25) is 0 Å². The lowest BCUT2D eigenvalue weighted by Gasteiger charge is -2.05. The summed E-state index contributed by atoms with van der Waals surface area (Å²) in [5, 5.41) is 5.16. The number of rotatable bonds is 7. The number of aromatic amines is 1. The van der Waals surface area contributed by atoms with Crippen molar-refractivity contribution in [3.05, 3.63) is 38.8 Å². The standard InChI is InChI=1S/C13H18BrN3O2S2/c1-9(2)15-5-11-4-13(7-16-11)21(18,19)17-6-12-3-10(14)8-20-12/h3-4,7-9,15-17H,5-6H2,1-2H3. The normalized spacial score (nSPS) is 12.2. The first-order valence-electron chi connectivity index (χ1n) is 6.50. The molecule has 0 aromatic carbocycles. The van der Waals surface area contributed by atoms with Gasteiger partial charge in [-0.25, -0.2) is 13.1 Å². The zero-order chi connectivity index (χ0) is 15.5. The molecule has 116 valence electrons. The van der Waals surface area contributed by atoms with Gasteiger partial charge >= 0.3 is 0 Å². The molecule has 2 aromatic rings. The molecule has 0 radical (unpaired) electrons. The number of aromatic nitrogens is 1. The van der Waals surface area contributed by atoms with Crippen LogP contribution in [-0.4, -0.2) is 19.4 Å². The van der Waals surface area contributed by atoms with Gasteiger partial charge in [-0.1, -0.05) is 13.8 Å². The Morgan fingerprint density at radius 3 is 2.71 bits per heavy atom. The Kier molecular flexibility index (Phi) is 5.61. The van der Waals surface area contributed by atoms with Gasteiger partial charge in [0.1, 0.15) is 0 Å². The summed E-state index contributed by atoms with van der Waals surface area (Å²) >= 11 is 4.86. The van der Waals surface area contributed by atoms with E-state index in [1.165, 1.54) is 17.5 Å². The van der Waals surface area contributed by atoms with Crippen molar-refractivity contribution in [2.24, 2.45) is 0 Å². The van der Waals surface area contributed by atoms with Gasteiger partial charge in [0.2, 0.25) is 10.0 Å². The molecule has 0 aliphatic rings. The summed E-state index contributed by atoms with van der Waals surface area (Å²) in [6, 6.07) is 3.91. The van der Waals surface area contributed by atoms with Crippen LogP contribution in [0.15, 0.2) is 33.1 Å². The van der Waals surface area contributed by atoms with E-state index in [-0.39, 0.29) is 4.90 Å². The van der Waals surface area contributed by atoms with E-state index >= 15 is 0 Å². The molecule has 0 unspecified atom stereocenters. The Morgan fingerprint density at radius 2 is 2.10 bits per heavy atom. The zero-order valence-corrected chi connectivity index (χ0v) is 15.0. The smallest absolute Gasteiger partial charge is 0.242 e. The third-order valence-corrected chi connectivity index (χ3v) is 5.86. The van der Waals surface area contributed by atoms with Crippen molar-refractivity contribution in [2.75, 3.05) is 0 Å². The first kappa shape index (κ1) is 16.7. The molecule has 0 saturated heterocycles. The number of halogens is 1. The number of hydrogen-bond acceptors (Lipinski definition) is 4. The lowest BCUT2D eigenvalue weighted by Crippen LogP contribution is -2.23. The van der Waals surface area contributed by atoms with Gasteiger partial charge in [0, 0.05) is 45.8 Å². The average molecular weight is 392 g/mol. The fraction of sp³-hybridized carbons (Fsp3) is 0.385. The summed E-state index contributed by atoms with van der Waals surface area (Å²) in [5.41, 5.74) is 0.850. The molecule has 2 heterocycles. The molecule has 0 bridgehead atoms. The zero-order valence-electron chi connectivity index (χ0n) is 11.8. The molecule has 21 heavy (non-hydrogen) atoms. The summed E-state index contributed by atoms with van der Waals surface area (Å²) in [4.78, 5) is 4.21. The maximum Gasteiger partial charge on any atom is 0.242 e. The molecule has 8 heteroatoms. The summed E-state index contributed by atoms with van der Waals surface area (Å²) in [6.45, 7) is 5.00. The second-order valence-corrected chi connectivity index (χ2v) is 8.63. The van der Waals surface area contributed by atoms with E-state index in [4.69, 9.17) is 0 Å². The molecule has 0 saturated carbocycles. The largest absolute Gasteiger partial charge is 0.363 e. The fourth-order valence-electron chi connectivity index (χ4n) is 1.69. The van der Waals surface area contributed by atoms with E-state index in [0.717, 1.165) is 15.0 Å². The molecule has 0 amide bonds. The van der Waals surface area contributed by atoms with Gasteiger partial charge in [-0.15, -0.1) is 11.3 Å². The quantitative estimate of drug-likeness (QED) is 0.679. The monoisotopic (exact) mass is 391 g/mol. The van der Waals surface area contributed by atoms with Gasteiger partial charge in [0.25, 0.3) is 0 Å². The summed E-state index contributed by atoms with van der Waals surface area (Å²) in [6.07, 6.45) is 1.52. The molecule has 0 fully saturated rings. The van der Waals surface area contributed by atoms with Gasteiger partial charge < -0.3 is 10.3 Å². The number of hydrogen-bond donors (Lipinski definition) is 3. The predicted molar refractivity (Wildman–Crippen MR) is 88.8 cm³/mol. The van der Waals surface area contributed by atoms with Crippen LogP contribution in [-0.2, 0) is 23.1 Å². The van der Waals surface area contributed by atoms with Crippen molar-refractivity contribution in [1.82, 2.24) is 15.0 Å². The van der Waals surface area contributed by atoms with Crippen LogP contribution in [0.3, 0.4) is 0 Å². The maximum atomic E-state index is 12.2.